The molecule has 0 saturated carbocycles. The van der Waals surface area contributed by atoms with E-state index in [9.17, 15) is 4.79 Å². The first-order chi connectivity index (χ1) is 15.6. The third-order valence-electron chi connectivity index (χ3n) is 4.94. The highest BCUT2D eigenvalue weighted by atomic mass is 79.9. The summed E-state index contributed by atoms with van der Waals surface area (Å²) in [5, 5.41) is 11.7. The second-order valence-corrected chi connectivity index (χ2v) is 8.92. The predicted octanol–water partition coefficient (Wildman–Crippen LogP) is 7.22. The number of hydrogen-bond acceptors (Lipinski definition) is 2. The van der Waals surface area contributed by atoms with Gasteiger partial charge in [-0.05, 0) is 82.4 Å². The highest BCUT2D eigenvalue weighted by Gasteiger charge is 2.04. The van der Waals surface area contributed by atoms with E-state index in [0.29, 0.717) is 6.42 Å². The number of nitrogens with one attached hydrogen (secondary N) is 1. The lowest BCUT2D eigenvalue weighted by atomic mass is 10.1. The fourth-order valence-electron chi connectivity index (χ4n) is 3.06. The van der Waals surface area contributed by atoms with Gasteiger partial charge in [-0.3, -0.25) is 4.79 Å². The van der Waals surface area contributed by atoms with Gasteiger partial charge in [-0.15, -0.1) is 0 Å². The molecule has 1 amide bonds. The SMILES string of the molecule is C[C@H](CO)NC(=O)CCC/C=C\C/C=C\C/C=C\C/C=C\CCCCc1ccc(Br)cc1. The summed E-state index contributed by atoms with van der Waals surface area (Å²) in [6.45, 7) is 1.78. The van der Waals surface area contributed by atoms with Crippen LogP contribution >= 0.6 is 15.9 Å². The van der Waals surface area contributed by atoms with Crippen LogP contribution < -0.4 is 5.32 Å². The molecule has 0 heterocycles. The fourth-order valence-corrected chi connectivity index (χ4v) is 3.33. The lowest BCUT2D eigenvalue weighted by Gasteiger charge is -2.09. The molecule has 0 unspecified atom stereocenters. The van der Waals surface area contributed by atoms with Crippen LogP contribution in [0.4, 0.5) is 0 Å². The molecule has 32 heavy (non-hydrogen) atoms. The van der Waals surface area contributed by atoms with Crippen LogP contribution in [0.15, 0.2) is 77.3 Å². The molecule has 0 aliphatic heterocycles. The molecule has 0 aliphatic rings. The van der Waals surface area contributed by atoms with Gasteiger partial charge in [0.15, 0.2) is 0 Å². The van der Waals surface area contributed by atoms with Gasteiger partial charge in [-0.2, -0.15) is 0 Å². The molecular weight excluding hydrogens is 462 g/mol. The maximum atomic E-state index is 11.6. The number of unbranched alkanes of at least 4 members (excludes halogenated alkanes) is 3. The van der Waals surface area contributed by atoms with Crippen LogP contribution in [0.1, 0.15) is 70.3 Å². The maximum Gasteiger partial charge on any atom is 0.220 e. The minimum Gasteiger partial charge on any atom is -0.394 e. The molecule has 176 valence electrons. The lowest BCUT2D eigenvalue weighted by molar-refractivity contribution is -0.122. The van der Waals surface area contributed by atoms with Crippen molar-refractivity contribution < 1.29 is 9.90 Å². The van der Waals surface area contributed by atoms with Crippen molar-refractivity contribution in [3.05, 3.63) is 82.9 Å². The summed E-state index contributed by atoms with van der Waals surface area (Å²) in [5.74, 6) is 0.0122. The van der Waals surface area contributed by atoms with Crippen molar-refractivity contribution in [2.45, 2.75) is 77.2 Å². The Kier molecular flexibility index (Phi) is 17.4. The number of rotatable bonds is 17. The average molecular weight is 503 g/mol. The van der Waals surface area contributed by atoms with Gasteiger partial charge in [0.05, 0.1) is 6.61 Å². The molecule has 1 atom stereocenters. The van der Waals surface area contributed by atoms with Gasteiger partial charge >= 0.3 is 0 Å². The molecule has 1 aromatic carbocycles. The lowest BCUT2D eigenvalue weighted by Crippen LogP contribution is -2.34. The second-order valence-electron chi connectivity index (χ2n) is 8.01. The van der Waals surface area contributed by atoms with E-state index in [2.05, 4.69) is 94.1 Å². The summed E-state index contributed by atoms with van der Waals surface area (Å²) < 4.78 is 1.14. The molecule has 0 bridgehead atoms. The Labute approximate surface area is 203 Å². The van der Waals surface area contributed by atoms with E-state index in [-0.39, 0.29) is 18.6 Å². The van der Waals surface area contributed by atoms with E-state index < -0.39 is 0 Å². The van der Waals surface area contributed by atoms with Crippen LogP contribution in [0.2, 0.25) is 0 Å². The minimum atomic E-state index is -0.160. The highest BCUT2D eigenvalue weighted by Crippen LogP contribution is 2.13. The van der Waals surface area contributed by atoms with Crippen molar-refractivity contribution in [1.82, 2.24) is 5.32 Å². The van der Waals surface area contributed by atoms with Crippen molar-refractivity contribution >= 4 is 21.8 Å². The van der Waals surface area contributed by atoms with Gasteiger partial charge in [0.25, 0.3) is 0 Å². The van der Waals surface area contributed by atoms with Gasteiger partial charge in [0.1, 0.15) is 0 Å². The molecule has 2 N–H and O–H groups in total. The molecule has 0 spiro atoms. The third kappa shape index (κ3) is 16.7. The minimum absolute atomic E-state index is 0.0122. The highest BCUT2D eigenvalue weighted by molar-refractivity contribution is 9.10. The van der Waals surface area contributed by atoms with Crippen LogP contribution in [-0.4, -0.2) is 23.7 Å². The van der Waals surface area contributed by atoms with Crippen molar-refractivity contribution in [2.24, 2.45) is 0 Å². The van der Waals surface area contributed by atoms with Crippen molar-refractivity contribution in [3.8, 4) is 0 Å². The number of halogens is 1. The number of carbonyl (C=O) groups is 1. The first kappa shape index (κ1) is 28.1. The number of benzene rings is 1. The summed E-state index contributed by atoms with van der Waals surface area (Å²) in [6.07, 6.45) is 27.6. The summed E-state index contributed by atoms with van der Waals surface area (Å²) in [7, 11) is 0. The zero-order chi connectivity index (χ0) is 23.3. The maximum absolute atomic E-state index is 11.6. The van der Waals surface area contributed by atoms with E-state index in [1.54, 1.807) is 6.92 Å². The van der Waals surface area contributed by atoms with Crippen LogP contribution in [0.5, 0.6) is 0 Å². The molecule has 0 radical (unpaired) electrons. The Morgan fingerprint density at radius 1 is 0.875 bits per heavy atom. The fraction of sp³-hybridized carbons (Fsp3) is 0.464. The smallest absolute Gasteiger partial charge is 0.220 e. The second kappa shape index (κ2) is 19.8. The van der Waals surface area contributed by atoms with Crippen molar-refractivity contribution in [3.63, 3.8) is 0 Å². The molecule has 1 rings (SSSR count). The van der Waals surface area contributed by atoms with Gasteiger partial charge in [0, 0.05) is 16.9 Å². The zero-order valence-electron chi connectivity index (χ0n) is 19.5. The van der Waals surface area contributed by atoms with Crippen LogP contribution in [0, 0.1) is 0 Å². The van der Waals surface area contributed by atoms with Crippen LogP contribution in [0.3, 0.4) is 0 Å². The summed E-state index contributed by atoms with van der Waals surface area (Å²) >= 11 is 3.47. The topological polar surface area (TPSA) is 49.3 Å². The average Bonchev–Trinajstić information content (AvgIpc) is 2.79. The number of aliphatic hydroxyl groups is 1. The third-order valence-corrected chi connectivity index (χ3v) is 5.47. The number of aliphatic hydroxyl groups excluding tert-OH is 1. The Morgan fingerprint density at radius 2 is 1.41 bits per heavy atom. The number of amides is 1. The molecule has 3 nitrogen and oxygen atoms in total. The normalized spacial score (nSPS) is 13.1. The van der Waals surface area contributed by atoms with Gasteiger partial charge in [0.2, 0.25) is 5.91 Å². The molecule has 4 heteroatoms. The quantitative estimate of drug-likeness (QED) is 0.175. The molecule has 1 aromatic rings. The van der Waals surface area contributed by atoms with Gasteiger partial charge in [-0.1, -0.05) is 76.7 Å². The van der Waals surface area contributed by atoms with Crippen LogP contribution in [0.25, 0.3) is 0 Å². The van der Waals surface area contributed by atoms with E-state index >= 15 is 0 Å². The Bertz CT molecular complexity index is 719. The van der Waals surface area contributed by atoms with Crippen molar-refractivity contribution in [2.75, 3.05) is 6.61 Å². The summed E-state index contributed by atoms with van der Waals surface area (Å²) in [6, 6.07) is 8.46. The number of allylic oxidation sites excluding steroid dienone is 8. The molecule has 0 saturated heterocycles. The Morgan fingerprint density at radius 3 is 1.97 bits per heavy atom. The number of aryl methyl sites for hydroxylation is 1. The molecule has 0 aliphatic carbocycles. The number of carbonyl (C=O) groups excluding carboxylic acids is 1. The molecule has 0 aromatic heterocycles. The molecular formula is C28H40BrNO2. The summed E-state index contributed by atoms with van der Waals surface area (Å²) in [4.78, 5) is 11.6. The van der Waals surface area contributed by atoms with Crippen molar-refractivity contribution in [1.29, 1.82) is 0 Å². The Hall–Kier alpha value is -1.91. The van der Waals surface area contributed by atoms with Gasteiger partial charge < -0.3 is 10.4 Å². The first-order valence-electron chi connectivity index (χ1n) is 11.9. The van der Waals surface area contributed by atoms with E-state index in [1.807, 2.05) is 0 Å². The summed E-state index contributed by atoms with van der Waals surface area (Å²) in [5.41, 5.74) is 1.41. The van der Waals surface area contributed by atoms with E-state index in [1.165, 1.54) is 18.4 Å². The van der Waals surface area contributed by atoms with E-state index in [0.717, 1.165) is 49.4 Å². The number of hydrogen-bond donors (Lipinski definition) is 2. The molecule has 0 fully saturated rings. The van der Waals surface area contributed by atoms with Gasteiger partial charge in [-0.25, -0.2) is 0 Å². The monoisotopic (exact) mass is 501 g/mol. The predicted molar refractivity (Wildman–Crippen MR) is 141 cm³/mol. The standard InChI is InChI=1S/C28H40BrNO2/c1-25(24-31)30-28(32)19-17-15-13-11-9-7-5-3-2-4-6-8-10-12-14-16-18-26-20-22-27(29)23-21-26/h2,4-5,7-8,10-11,13,20-23,25,31H,3,6,9,12,14-19,24H2,1H3,(H,30,32)/b4-2-,7-5-,10-8-,13-11-/t25-/m1/s1. The zero-order valence-corrected chi connectivity index (χ0v) is 21.1. The first-order valence-corrected chi connectivity index (χ1v) is 12.7. The van der Waals surface area contributed by atoms with Crippen LogP contribution in [-0.2, 0) is 11.2 Å². The Balaban J connectivity index is 1.93. The largest absolute Gasteiger partial charge is 0.394 e. The van der Waals surface area contributed by atoms with E-state index in [4.69, 9.17) is 5.11 Å².